The number of amides is 1. The molecule has 0 spiro atoms. The van der Waals surface area contributed by atoms with Gasteiger partial charge in [0.15, 0.2) is 0 Å². The summed E-state index contributed by atoms with van der Waals surface area (Å²) in [5.41, 5.74) is 4.36. The van der Waals surface area contributed by atoms with Crippen LogP contribution in [-0.4, -0.2) is 10.9 Å². The van der Waals surface area contributed by atoms with Crippen molar-refractivity contribution in [1.29, 1.82) is 5.26 Å². The molecule has 0 radical (unpaired) electrons. The molecular formula is C28H29N3O. The first kappa shape index (κ1) is 21.8. The number of fused-ring (bicyclic) bond motifs is 1. The van der Waals surface area contributed by atoms with Gasteiger partial charge in [0.2, 0.25) is 5.91 Å². The molecule has 3 aromatic rings. The molecule has 0 saturated carbocycles. The normalized spacial score (nSPS) is 17.6. The Labute approximate surface area is 190 Å². The van der Waals surface area contributed by atoms with E-state index in [1.54, 1.807) is 0 Å². The highest BCUT2D eigenvalue weighted by atomic mass is 16.2. The van der Waals surface area contributed by atoms with Gasteiger partial charge in [0.25, 0.3) is 0 Å². The number of carbonyl (C=O) groups is 1. The molecule has 1 aliphatic rings. The van der Waals surface area contributed by atoms with Crippen molar-refractivity contribution in [1.82, 2.24) is 4.98 Å². The largest absolute Gasteiger partial charge is 0.281 e. The highest BCUT2D eigenvalue weighted by Crippen LogP contribution is 2.46. The summed E-state index contributed by atoms with van der Waals surface area (Å²) in [4.78, 5) is 20.0. The molecule has 0 saturated heterocycles. The summed E-state index contributed by atoms with van der Waals surface area (Å²) < 4.78 is 0. The molecule has 32 heavy (non-hydrogen) atoms. The van der Waals surface area contributed by atoms with Crippen molar-refractivity contribution in [2.24, 2.45) is 5.92 Å². The fourth-order valence-corrected chi connectivity index (χ4v) is 4.79. The molecule has 1 aliphatic heterocycles. The van der Waals surface area contributed by atoms with Gasteiger partial charge in [-0.05, 0) is 60.7 Å². The second-order valence-electron chi connectivity index (χ2n) is 8.45. The Hall–Kier alpha value is -3.45. The SMILES string of the molecule is N#CCCCCCCC1C(=O)N(c2ccccc2)c2ccccc2C1Cc1ccncc1. The average molecular weight is 424 g/mol. The van der Waals surface area contributed by atoms with E-state index in [0.29, 0.717) is 6.42 Å². The van der Waals surface area contributed by atoms with Crippen LogP contribution in [0.5, 0.6) is 0 Å². The van der Waals surface area contributed by atoms with Gasteiger partial charge in [-0.15, -0.1) is 0 Å². The van der Waals surface area contributed by atoms with Crippen molar-refractivity contribution < 1.29 is 4.79 Å². The van der Waals surface area contributed by atoms with E-state index in [9.17, 15) is 4.79 Å². The third kappa shape index (κ3) is 4.89. The Bertz CT molecular complexity index is 1060. The molecule has 1 amide bonds. The number of hydrogen-bond acceptors (Lipinski definition) is 3. The summed E-state index contributed by atoms with van der Waals surface area (Å²) in [7, 11) is 0. The van der Waals surface area contributed by atoms with Crippen LogP contribution in [0.1, 0.15) is 55.6 Å². The van der Waals surface area contributed by atoms with Crippen molar-refractivity contribution >= 4 is 17.3 Å². The van der Waals surface area contributed by atoms with Gasteiger partial charge in [-0.3, -0.25) is 14.7 Å². The van der Waals surface area contributed by atoms with E-state index >= 15 is 0 Å². The molecule has 0 N–H and O–H groups in total. The Morgan fingerprint density at radius 1 is 0.844 bits per heavy atom. The molecule has 0 bridgehead atoms. The zero-order chi connectivity index (χ0) is 22.2. The molecular weight excluding hydrogens is 394 g/mol. The van der Waals surface area contributed by atoms with E-state index in [1.807, 2.05) is 53.7 Å². The number of anilines is 2. The van der Waals surface area contributed by atoms with Crippen LogP contribution >= 0.6 is 0 Å². The van der Waals surface area contributed by atoms with Gasteiger partial charge in [-0.1, -0.05) is 55.7 Å². The lowest BCUT2D eigenvalue weighted by Crippen LogP contribution is -2.41. The standard InChI is InChI=1S/C28H29N3O/c29-18-10-3-1-2-7-14-25-26(21-22-16-19-30-20-17-22)24-13-8-9-15-27(24)31(28(25)32)23-11-5-4-6-12-23/h4-6,8-9,11-13,15-17,19-20,25-26H,1-3,7,10,14,21H2. The fourth-order valence-electron chi connectivity index (χ4n) is 4.79. The fraction of sp³-hybridized carbons (Fsp3) is 0.321. The summed E-state index contributed by atoms with van der Waals surface area (Å²) >= 11 is 0. The van der Waals surface area contributed by atoms with E-state index in [4.69, 9.17) is 5.26 Å². The molecule has 2 aromatic carbocycles. The third-order valence-electron chi connectivity index (χ3n) is 6.37. The average Bonchev–Trinajstić information content (AvgIpc) is 2.84. The quantitative estimate of drug-likeness (QED) is 0.366. The van der Waals surface area contributed by atoms with Crippen LogP contribution in [-0.2, 0) is 11.2 Å². The Kier molecular flexibility index (Phi) is 7.30. The first-order valence-electron chi connectivity index (χ1n) is 11.5. The molecule has 2 heterocycles. The molecule has 2 unspecified atom stereocenters. The van der Waals surface area contributed by atoms with Gasteiger partial charge < -0.3 is 0 Å². The van der Waals surface area contributed by atoms with Crippen LogP contribution < -0.4 is 4.90 Å². The zero-order valence-electron chi connectivity index (χ0n) is 18.4. The van der Waals surface area contributed by atoms with E-state index in [0.717, 1.165) is 49.9 Å². The number of hydrogen-bond donors (Lipinski definition) is 0. The van der Waals surface area contributed by atoms with Crippen LogP contribution in [0.15, 0.2) is 79.1 Å². The second-order valence-corrected chi connectivity index (χ2v) is 8.45. The first-order chi connectivity index (χ1) is 15.8. The summed E-state index contributed by atoms with van der Waals surface area (Å²) in [5, 5.41) is 8.76. The molecule has 0 aliphatic carbocycles. The van der Waals surface area contributed by atoms with Gasteiger partial charge in [-0.2, -0.15) is 5.26 Å². The molecule has 4 nitrogen and oxygen atoms in total. The van der Waals surface area contributed by atoms with Crippen molar-refractivity contribution in [3.8, 4) is 6.07 Å². The van der Waals surface area contributed by atoms with Gasteiger partial charge >= 0.3 is 0 Å². The molecule has 4 rings (SSSR count). The monoisotopic (exact) mass is 423 g/mol. The van der Waals surface area contributed by atoms with E-state index in [-0.39, 0.29) is 17.7 Å². The predicted molar refractivity (Wildman–Crippen MR) is 128 cm³/mol. The third-order valence-corrected chi connectivity index (χ3v) is 6.37. The second kappa shape index (κ2) is 10.7. The predicted octanol–water partition coefficient (Wildman–Crippen LogP) is 6.57. The van der Waals surface area contributed by atoms with Crippen molar-refractivity contribution in [2.75, 3.05) is 4.90 Å². The lowest BCUT2D eigenvalue weighted by Gasteiger charge is -2.40. The lowest BCUT2D eigenvalue weighted by atomic mass is 9.75. The topological polar surface area (TPSA) is 57.0 Å². The number of nitriles is 1. The Morgan fingerprint density at radius 3 is 2.34 bits per heavy atom. The minimum atomic E-state index is -0.0748. The van der Waals surface area contributed by atoms with Crippen molar-refractivity contribution in [2.45, 2.75) is 50.9 Å². The Balaban J connectivity index is 1.65. The highest BCUT2D eigenvalue weighted by molar-refractivity contribution is 6.05. The van der Waals surface area contributed by atoms with Crippen molar-refractivity contribution in [3.63, 3.8) is 0 Å². The van der Waals surface area contributed by atoms with Gasteiger partial charge in [0.05, 0.1) is 11.8 Å². The summed E-state index contributed by atoms with van der Waals surface area (Å²) in [5.74, 6) is 0.250. The molecule has 1 aromatic heterocycles. The van der Waals surface area contributed by atoms with E-state index in [1.165, 1.54) is 11.1 Å². The maximum atomic E-state index is 13.9. The summed E-state index contributed by atoms with van der Waals surface area (Å²) in [6, 6.07) is 24.6. The maximum absolute atomic E-state index is 13.9. The number of unbranched alkanes of at least 4 members (excludes halogenated alkanes) is 4. The summed E-state index contributed by atoms with van der Waals surface area (Å²) in [6.07, 6.45) is 9.99. The van der Waals surface area contributed by atoms with E-state index < -0.39 is 0 Å². The molecule has 0 fully saturated rings. The zero-order valence-corrected chi connectivity index (χ0v) is 18.4. The number of benzene rings is 2. The Morgan fingerprint density at radius 2 is 1.56 bits per heavy atom. The first-order valence-corrected chi connectivity index (χ1v) is 11.5. The van der Waals surface area contributed by atoms with Crippen LogP contribution in [0.4, 0.5) is 11.4 Å². The van der Waals surface area contributed by atoms with Crippen LogP contribution in [0.2, 0.25) is 0 Å². The number of aromatic nitrogens is 1. The molecule has 2 atom stereocenters. The van der Waals surface area contributed by atoms with Crippen LogP contribution in [0, 0.1) is 17.2 Å². The molecule has 4 heteroatoms. The number of pyridine rings is 1. The minimum absolute atomic E-state index is 0.0748. The highest BCUT2D eigenvalue weighted by Gasteiger charge is 2.40. The number of carbonyl (C=O) groups excluding carboxylic acids is 1. The van der Waals surface area contributed by atoms with Gasteiger partial charge in [0, 0.05) is 36.3 Å². The minimum Gasteiger partial charge on any atom is -0.281 e. The number of nitrogens with zero attached hydrogens (tertiary/aromatic N) is 3. The summed E-state index contributed by atoms with van der Waals surface area (Å²) in [6.45, 7) is 0. The van der Waals surface area contributed by atoms with Gasteiger partial charge in [0.1, 0.15) is 0 Å². The van der Waals surface area contributed by atoms with Crippen molar-refractivity contribution in [3.05, 3.63) is 90.3 Å². The number of rotatable bonds is 9. The van der Waals surface area contributed by atoms with Gasteiger partial charge in [-0.25, -0.2) is 0 Å². The molecule has 162 valence electrons. The lowest BCUT2D eigenvalue weighted by molar-refractivity contribution is -0.123. The smallest absolute Gasteiger partial charge is 0.235 e. The van der Waals surface area contributed by atoms with Crippen LogP contribution in [0.3, 0.4) is 0 Å². The number of para-hydroxylation sites is 2. The van der Waals surface area contributed by atoms with E-state index in [2.05, 4.69) is 41.4 Å². The maximum Gasteiger partial charge on any atom is 0.235 e. The van der Waals surface area contributed by atoms with Crippen LogP contribution in [0.25, 0.3) is 0 Å².